The summed E-state index contributed by atoms with van der Waals surface area (Å²) in [5.74, 6) is 1.53. The molecule has 0 radical (unpaired) electrons. The highest BCUT2D eigenvalue weighted by Gasteiger charge is 2.14. The van der Waals surface area contributed by atoms with Gasteiger partial charge in [0.25, 0.3) is 6.47 Å². The molecule has 0 aliphatic rings. The van der Waals surface area contributed by atoms with Crippen molar-refractivity contribution in [1.82, 2.24) is 19.5 Å². The normalized spacial score (nSPS) is 10.8. The van der Waals surface area contributed by atoms with Gasteiger partial charge in [0.15, 0.2) is 5.82 Å². The first-order valence-electron chi connectivity index (χ1n) is 8.55. The van der Waals surface area contributed by atoms with Crippen LogP contribution in [0.3, 0.4) is 0 Å². The Morgan fingerprint density at radius 3 is 2.37 bits per heavy atom. The SMILES string of the molecule is Cc1ccccc1-c1ncc(-c2nccn2CCC(C)(C)O)cn1.O=CO. The molecule has 0 aliphatic heterocycles. The summed E-state index contributed by atoms with van der Waals surface area (Å²) in [6, 6.07) is 8.07. The van der Waals surface area contributed by atoms with Gasteiger partial charge in [0.2, 0.25) is 0 Å². The second-order valence-electron chi connectivity index (χ2n) is 6.72. The Balaban J connectivity index is 0.000000817. The van der Waals surface area contributed by atoms with Gasteiger partial charge in [-0.25, -0.2) is 15.0 Å². The molecule has 0 unspecified atom stereocenters. The van der Waals surface area contributed by atoms with Crippen molar-refractivity contribution < 1.29 is 15.0 Å². The first kappa shape index (κ1) is 20.3. The Bertz CT molecular complexity index is 867. The highest BCUT2D eigenvalue weighted by Crippen LogP contribution is 2.22. The van der Waals surface area contributed by atoms with E-state index in [2.05, 4.69) is 27.9 Å². The van der Waals surface area contributed by atoms with Gasteiger partial charge in [0.05, 0.1) is 11.2 Å². The molecular formula is C20H24N4O3. The maximum Gasteiger partial charge on any atom is 0.290 e. The number of nitrogens with zero attached hydrogens (tertiary/aromatic N) is 4. The molecule has 0 saturated heterocycles. The van der Waals surface area contributed by atoms with Crippen LogP contribution in [-0.4, -0.2) is 41.8 Å². The smallest absolute Gasteiger partial charge is 0.290 e. The Hall–Kier alpha value is -3.06. The van der Waals surface area contributed by atoms with Crippen LogP contribution < -0.4 is 0 Å². The predicted molar refractivity (Wildman–Crippen MR) is 103 cm³/mol. The number of aromatic nitrogens is 4. The van der Waals surface area contributed by atoms with Gasteiger partial charge in [-0.2, -0.15) is 0 Å². The zero-order chi connectivity index (χ0) is 19.9. The third-order valence-corrected chi connectivity index (χ3v) is 3.98. The maximum absolute atomic E-state index is 9.91. The largest absolute Gasteiger partial charge is 0.483 e. The van der Waals surface area contributed by atoms with Crippen molar-refractivity contribution in [3.63, 3.8) is 0 Å². The molecule has 1 aromatic carbocycles. The molecule has 0 aliphatic carbocycles. The van der Waals surface area contributed by atoms with E-state index in [4.69, 9.17) is 9.90 Å². The molecule has 2 aromatic heterocycles. The minimum absolute atomic E-state index is 0.250. The molecule has 3 rings (SSSR count). The minimum atomic E-state index is -0.702. The molecule has 2 heterocycles. The van der Waals surface area contributed by atoms with Crippen molar-refractivity contribution in [1.29, 1.82) is 0 Å². The number of benzene rings is 1. The van der Waals surface area contributed by atoms with Crippen LogP contribution in [0.25, 0.3) is 22.8 Å². The van der Waals surface area contributed by atoms with E-state index in [-0.39, 0.29) is 6.47 Å². The molecular weight excluding hydrogens is 344 g/mol. The number of carbonyl (C=O) groups is 1. The lowest BCUT2D eigenvalue weighted by atomic mass is 10.1. The van der Waals surface area contributed by atoms with Crippen LogP contribution in [0.4, 0.5) is 0 Å². The van der Waals surface area contributed by atoms with Gasteiger partial charge >= 0.3 is 0 Å². The maximum atomic E-state index is 9.91. The van der Waals surface area contributed by atoms with Crippen molar-refractivity contribution in [2.45, 2.75) is 39.3 Å². The Kier molecular flexibility index (Phi) is 6.79. The van der Waals surface area contributed by atoms with Crippen LogP contribution >= 0.6 is 0 Å². The molecule has 2 N–H and O–H groups in total. The second kappa shape index (κ2) is 9.05. The van der Waals surface area contributed by atoms with E-state index in [1.807, 2.05) is 42.8 Å². The van der Waals surface area contributed by atoms with Crippen molar-refractivity contribution in [3.05, 3.63) is 54.6 Å². The number of carboxylic acid groups (broad SMARTS) is 1. The van der Waals surface area contributed by atoms with Crippen molar-refractivity contribution >= 4 is 6.47 Å². The highest BCUT2D eigenvalue weighted by molar-refractivity contribution is 5.61. The van der Waals surface area contributed by atoms with Crippen LogP contribution in [0.15, 0.2) is 49.1 Å². The van der Waals surface area contributed by atoms with Gasteiger partial charge < -0.3 is 14.8 Å². The van der Waals surface area contributed by atoms with E-state index in [1.54, 1.807) is 18.6 Å². The standard InChI is InChI=1S/C19H22N4O.CH2O2/c1-14-6-4-5-7-16(14)17-21-12-15(13-22-17)18-20-9-11-23(18)10-8-19(2,3)24;2-1-3/h4-7,9,11-13,24H,8,10H2,1-3H3;1H,(H,2,3). The predicted octanol–water partition coefficient (Wildman–Crippen LogP) is 3.18. The summed E-state index contributed by atoms with van der Waals surface area (Å²) in [6.45, 7) is 6.11. The van der Waals surface area contributed by atoms with Gasteiger partial charge in [-0.3, -0.25) is 4.79 Å². The van der Waals surface area contributed by atoms with Gasteiger partial charge in [-0.15, -0.1) is 0 Å². The summed E-state index contributed by atoms with van der Waals surface area (Å²) in [5, 5.41) is 16.8. The average Bonchev–Trinajstić information content (AvgIpc) is 3.09. The number of hydrogen-bond donors (Lipinski definition) is 2. The molecule has 3 aromatic rings. The number of rotatable bonds is 5. The first-order chi connectivity index (χ1) is 12.9. The number of aryl methyl sites for hydroxylation is 2. The molecule has 0 amide bonds. The summed E-state index contributed by atoms with van der Waals surface area (Å²) < 4.78 is 2.02. The Morgan fingerprint density at radius 2 is 1.78 bits per heavy atom. The molecule has 7 nitrogen and oxygen atoms in total. The summed E-state index contributed by atoms with van der Waals surface area (Å²) >= 11 is 0. The molecule has 27 heavy (non-hydrogen) atoms. The quantitative estimate of drug-likeness (QED) is 0.671. The highest BCUT2D eigenvalue weighted by atomic mass is 16.3. The summed E-state index contributed by atoms with van der Waals surface area (Å²) in [6.07, 6.45) is 7.93. The van der Waals surface area contributed by atoms with E-state index < -0.39 is 5.60 Å². The summed E-state index contributed by atoms with van der Waals surface area (Å²) in [4.78, 5) is 21.8. The van der Waals surface area contributed by atoms with Gasteiger partial charge in [-0.1, -0.05) is 24.3 Å². The lowest BCUT2D eigenvalue weighted by Crippen LogP contribution is -2.21. The molecule has 0 fully saturated rings. The van der Waals surface area contributed by atoms with Crippen LogP contribution in [0.1, 0.15) is 25.8 Å². The number of aliphatic hydroxyl groups is 1. The van der Waals surface area contributed by atoms with Gasteiger partial charge in [0.1, 0.15) is 5.82 Å². The molecule has 0 atom stereocenters. The topological polar surface area (TPSA) is 101 Å². The Labute approximate surface area is 158 Å². The summed E-state index contributed by atoms with van der Waals surface area (Å²) in [5.41, 5.74) is 2.35. The molecule has 142 valence electrons. The zero-order valence-corrected chi connectivity index (χ0v) is 15.7. The fourth-order valence-electron chi connectivity index (χ4n) is 2.55. The van der Waals surface area contributed by atoms with Crippen molar-refractivity contribution in [3.8, 4) is 22.8 Å². The summed E-state index contributed by atoms with van der Waals surface area (Å²) in [7, 11) is 0. The molecule has 0 spiro atoms. The van der Waals surface area contributed by atoms with Crippen LogP contribution in [0, 0.1) is 6.92 Å². The van der Waals surface area contributed by atoms with Crippen molar-refractivity contribution in [2.24, 2.45) is 0 Å². The van der Waals surface area contributed by atoms with Gasteiger partial charge in [0, 0.05) is 36.9 Å². The van der Waals surface area contributed by atoms with Crippen LogP contribution in [-0.2, 0) is 11.3 Å². The molecule has 0 bridgehead atoms. The lowest BCUT2D eigenvalue weighted by Gasteiger charge is -2.18. The van der Waals surface area contributed by atoms with Gasteiger partial charge in [-0.05, 0) is 32.8 Å². The third kappa shape index (κ3) is 5.72. The van der Waals surface area contributed by atoms with E-state index in [0.717, 1.165) is 22.5 Å². The van der Waals surface area contributed by atoms with Crippen molar-refractivity contribution in [2.75, 3.05) is 0 Å². The second-order valence-corrected chi connectivity index (χ2v) is 6.72. The first-order valence-corrected chi connectivity index (χ1v) is 8.55. The zero-order valence-electron chi connectivity index (χ0n) is 15.7. The van der Waals surface area contributed by atoms with E-state index in [0.29, 0.717) is 18.8 Å². The van der Waals surface area contributed by atoms with Crippen LogP contribution in [0.5, 0.6) is 0 Å². The minimum Gasteiger partial charge on any atom is -0.483 e. The van der Waals surface area contributed by atoms with E-state index in [9.17, 15) is 5.11 Å². The van der Waals surface area contributed by atoms with E-state index >= 15 is 0 Å². The fraction of sp³-hybridized carbons (Fsp3) is 0.300. The third-order valence-electron chi connectivity index (χ3n) is 3.98. The average molecular weight is 368 g/mol. The molecule has 7 heteroatoms. The monoisotopic (exact) mass is 368 g/mol. The number of imidazole rings is 1. The molecule has 0 saturated carbocycles. The fourth-order valence-corrected chi connectivity index (χ4v) is 2.55. The van der Waals surface area contributed by atoms with Crippen LogP contribution in [0.2, 0.25) is 0 Å². The van der Waals surface area contributed by atoms with E-state index in [1.165, 1.54) is 0 Å². The number of hydrogen-bond acceptors (Lipinski definition) is 5. The lowest BCUT2D eigenvalue weighted by molar-refractivity contribution is -0.122. The Morgan fingerprint density at radius 1 is 1.15 bits per heavy atom.